The van der Waals surface area contributed by atoms with Gasteiger partial charge in [-0.25, -0.2) is 14.0 Å². The van der Waals surface area contributed by atoms with Gasteiger partial charge in [0.15, 0.2) is 0 Å². The summed E-state index contributed by atoms with van der Waals surface area (Å²) >= 11 is 0. The van der Waals surface area contributed by atoms with Gasteiger partial charge in [-0.15, -0.1) is 0 Å². The lowest BCUT2D eigenvalue weighted by molar-refractivity contribution is -0.117. The summed E-state index contributed by atoms with van der Waals surface area (Å²) in [5, 5.41) is 10.1. The molecule has 0 spiro atoms. The van der Waals surface area contributed by atoms with Crippen molar-refractivity contribution >= 4 is 23.2 Å². The standard InChI is InChI=1S/C24H28N6O3/c1-17(31)25-19-8-10-20(11-9-19)26-22(32)16-29-14-12-18(13-15-29)23-27-28(2)24(33)30(23)21-6-4-3-5-7-21/h3-11,18H,12-16H2,1-2H3,(H,25,31)(H,26,32). The van der Waals surface area contributed by atoms with Gasteiger partial charge in [0.05, 0.1) is 12.2 Å². The molecular formula is C24H28N6O3. The summed E-state index contributed by atoms with van der Waals surface area (Å²) in [6, 6.07) is 16.6. The summed E-state index contributed by atoms with van der Waals surface area (Å²) in [5.41, 5.74) is 2.04. The maximum atomic E-state index is 12.7. The van der Waals surface area contributed by atoms with Crippen LogP contribution in [0.5, 0.6) is 0 Å². The van der Waals surface area contributed by atoms with E-state index in [2.05, 4.69) is 20.6 Å². The van der Waals surface area contributed by atoms with E-state index >= 15 is 0 Å². The molecule has 2 amide bonds. The number of carbonyl (C=O) groups excluding carboxylic acids is 2. The number of aryl methyl sites for hydroxylation is 1. The number of rotatable bonds is 6. The quantitative estimate of drug-likeness (QED) is 0.603. The molecule has 2 aromatic carbocycles. The first-order valence-corrected chi connectivity index (χ1v) is 11.0. The SMILES string of the molecule is CC(=O)Nc1ccc(NC(=O)CN2CCC(c3nn(C)c(=O)n3-c3ccccc3)CC2)cc1. The van der Waals surface area contributed by atoms with Crippen LogP contribution in [0, 0.1) is 0 Å². The van der Waals surface area contributed by atoms with Crippen molar-refractivity contribution in [3.63, 3.8) is 0 Å². The summed E-state index contributed by atoms with van der Waals surface area (Å²) in [4.78, 5) is 38.4. The highest BCUT2D eigenvalue weighted by Gasteiger charge is 2.27. The van der Waals surface area contributed by atoms with E-state index < -0.39 is 0 Å². The fourth-order valence-corrected chi connectivity index (χ4v) is 4.16. The highest BCUT2D eigenvalue weighted by Crippen LogP contribution is 2.27. The van der Waals surface area contributed by atoms with E-state index in [0.29, 0.717) is 17.9 Å². The van der Waals surface area contributed by atoms with E-state index in [-0.39, 0.29) is 23.4 Å². The first kappa shape index (κ1) is 22.5. The summed E-state index contributed by atoms with van der Waals surface area (Å²) in [7, 11) is 1.67. The second kappa shape index (κ2) is 9.83. The van der Waals surface area contributed by atoms with Crippen molar-refractivity contribution in [3.05, 3.63) is 70.9 Å². The third-order valence-electron chi connectivity index (χ3n) is 5.77. The molecule has 0 atom stereocenters. The summed E-state index contributed by atoms with van der Waals surface area (Å²) < 4.78 is 3.08. The second-order valence-electron chi connectivity index (χ2n) is 8.29. The molecule has 9 nitrogen and oxygen atoms in total. The molecule has 172 valence electrons. The second-order valence-corrected chi connectivity index (χ2v) is 8.29. The molecule has 2 heterocycles. The van der Waals surface area contributed by atoms with Crippen LogP contribution < -0.4 is 16.3 Å². The monoisotopic (exact) mass is 448 g/mol. The molecule has 2 N–H and O–H groups in total. The van der Waals surface area contributed by atoms with Crippen molar-refractivity contribution in [1.82, 2.24) is 19.2 Å². The predicted molar refractivity (Wildman–Crippen MR) is 127 cm³/mol. The molecule has 1 saturated heterocycles. The normalized spacial score (nSPS) is 14.7. The van der Waals surface area contributed by atoms with Crippen molar-refractivity contribution < 1.29 is 9.59 Å². The van der Waals surface area contributed by atoms with E-state index in [1.807, 2.05) is 30.3 Å². The predicted octanol–water partition coefficient (Wildman–Crippen LogP) is 2.35. The fraction of sp³-hybridized carbons (Fsp3) is 0.333. The molecule has 1 aromatic heterocycles. The van der Waals surface area contributed by atoms with Gasteiger partial charge >= 0.3 is 5.69 Å². The van der Waals surface area contributed by atoms with Crippen molar-refractivity contribution in [2.45, 2.75) is 25.7 Å². The van der Waals surface area contributed by atoms with E-state index in [4.69, 9.17) is 0 Å². The Kier molecular flexibility index (Phi) is 6.69. The minimum Gasteiger partial charge on any atom is -0.326 e. The lowest BCUT2D eigenvalue weighted by Gasteiger charge is -2.31. The van der Waals surface area contributed by atoms with Crippen LogP contribution in [0.2, 0.25) is 0 Å². The Morgan fingerprint density at radius 1 is 0.970 bits per heavy atom. The van der Waals surface area contributed by atoms with Gasteiger partial charge in [-0.2, -0.15) is 5.10 Å². The molecule has 33 heavy (non-hydrogen) atoms. The average molecular weight is 449 g/mol. The molecule has 0 radical (unpaired) electrons. The number of piperidine rings is 1. The van der Waals surface area contributed by atoms with Crippen molar-refractivity contribution in [1.29, 1.82) is 0 Å². The maximum Gasteiger partial charge on any atom is 0.350 e. The number of nitrogens with one attached hydrogen (secondary N) is 2. The van der Waals surface area contributed by atoms with Crippen molar-refractivity contribution in [3.8, 4) is 5.69 Å². The van der Waals surface area contributed by atoms with Crippen LogP contribution in [0.3, 0.4) is 0 Å². The third kappa shape index (κ3) is 5.38. The van der Waals surface area contributed by atoms with Crippen LogP contribution in [0.1, 0.15) is 31.5 Å². The number of benzene rings is 2. The molecule has 4 rings (SSSR count). The maximum absolute atomic E-state index is 12.7. The number of anilines is 2. The Labute approximate surface area is 192 Å². The lowest BCUT2D eigenvalue weighted by Crippen LogP contribution is -2.39. The van der Waals surface area contributed by atoms with Crippen LogP contribution in [-0.4, -0.2) is 50.7 Å². The minimum atomic E-state index is -0.150. The van der Waals surface area contributed by atoms with Gasteiger partial charge in [0, 0.05) is 31.3 Å². The molecule has 1 aliphatic heterocycles. The van der Waals surface area contributed by atoms with Crippen LogP contribution in [0.25, 0.3) is 5.69 Å². The molecule has 0 bridgehead atoms. The summed E-state index contributed by atoms with van der Waals surface area (Å²) in [6.07, 6.45) is 1.64. The molecule has 0 saturated carbocycles. The van der Waals surface area contributed by atoms with Crippen molar-refractivity contribution in [2.75, 3.05) is 30.3 Å². The zero-order chi connectivity index (χ0) is 23.4. The summed E-state index contributed by atoms with van der Waals surface area (Å²) in [5.74, 6) is 0.707. The number of hydrogen-bond acceptors (Lipinski definition) is 5. The van der Waals surface area contributed by atoms with Crippen LogP contribution in [-0.2, 0) is 16.6 Å². The molecule has 0 unspecified atom stereocenters. The van der Waals surface area contributed by atoms with Gasteiger partial charge in [0.1, 0.15) is 5.82 Å². The molecule has 1 aliphatic rings. The third-order valence-corrected chi connectivity index (χ3v) is 5.77. The van der Waals surface area contributed by atoms with Crippen LogP contribution in [0.4, 0.5) is 11.4 Å². The number of amides is 2. The topological polar surface area (TPSA) is 101 Å². The molecular weight excluding hydrogens is 420 g/mol. The Morgan fingerprint density at radius 2 is 1.58 bits per heavy atom. The van der Waals surface area contributed by atoms with Gasteiger partial charge in [0.25, 0.3) is 0 Å². The summed E-state index contributed by atoms with van der Waals surface area (Å²) in [6.45, 7) is 3.25. The fourth-order valence-electron chi connectivity index (χ4n) is 4.16. The van der Waals surface area contributed by atoms with Gasteiger partial charge in [-0.1, -0.05) is 18.2 Å². The average Bonchev–Trinajstić information content (AvgIpc) is 3.10. The van der Waals surface area contributed by atoms with E-state index in [1.54, 1.807) is 35.9 Å². The first-order chi connectivity index (χ1) is 15.9. The lowest BCUT2D eigenvalue weighted by atomic mass is 9.95. The number of aromatic nitrogens is 3. The zero-order valence-corrected chi connectivity index (χ0v) is 18.8. The number of para-hydroxylation sites is 1. The zero-order valence-electron chi connectivity index (χ0n) is 18.8. The minimum absolute atomic E-state index is 0.0836. The van der Waals surface area contributed by atoms with Gasteiger partial charge in [0.2, 0.25) is 11.8 Å². The van der Waals surface area contributed by atoms with E-state index in [1.165, 1.54) is 11.6 Å². The highest BCUT2D eigenvalue weighted by molar-refractivity contribution is 5.93. The largest absolute Gasteiger partial charge is 0.350 e. The first-order valence-electron chi connectivity index (χ1n) is 11.0. The highest BCUT2D eigenvalue weighted by atomic mass is 16.2. The molecule has 3 aromatic rings. The Balaban J connectivity index is 1.34. The van der Waals surface area contributed by atoms with Gasteiger partial charge < -0.3 is 10.6 Å². The molecule has 1 fully saturated rings. The number of nitrogens with zero attached hydrogens (tertiary/aromatic N) is 4. The van der Waals surface area contributed by atoms with E-state index in [9.17, 15) is 14.4 Å². The van der Waals surface area contributed by atoms with E-state index in [0.717, 1.165) is 37.4 Å². The number of carbonyl (C=O) groups is 2. The molecule has 9 heteroatoms. The Morgan fingerprint density at radius 3 is 2.18 bits per heavy atom. The Bertz CT molecular complexity index is 1180. The number of likely N-dealkylation sites (tertiary alicyclic amines) is 1. The smallest absolute Gasteiger partial charge is 0.326 e. The van der Waals surface area contributed by atoms with Gasteiger partial charge in [-0.3, -0.25) is 14.5 Å². The van der Waals surface area contributed by atoms with Crippen molar-refractivity contribution in [2.24, 2.45) is 7.05 Å². The molecule has 0 aliphatic carbocycles. The number of hydrogen-bond donors (Lipinski definition) is 2. The van der Waals surface area contributed by atoms with Gasteiger partial charge in [-0.05, 0) is 62.3 Å². The van der Waals surface area contributed by atoms with Crippen LogP contribution >= 0.6 is 0 Å². The Hall–Kier alpha value is -3.72. The van der Waals surface area contributed by atoms with Crippen LogP contribution in [0.15, 0.2) is 59.4 Å².